The van der Waals surface area contributed by atoms with Gasteiger partial charge in [-0.2, -0.15) is 0 Å². The quantitative estimate of drug-likeness (QED) is 0.326. The summed E-state index contributed by atoms with van der Waals surface area (Å²) in [5.41, 5.74) is -1.12. The van der Waals surface area contributed by atoms with E-state index in [1.807, 2.05) is 0 Å². The Bertz CT molecular complexity index is 1100. The third-order valence-corrected chi connectivity index (χ3v) is 3.79. The van der Waals surface area contributed by atoms with Crippen molar-refractivity contribution in [2.75, 3.05) is 7.11 Å². The topological polar surface area (TPSA) is 9.23 Å². The second kappa shape index (κ2) is 8.33. The molecular weight excluding hydrogens is 368 g/mol. The number of methoxy groups -OCH3 is 1. The molecule has 0 spiro atoms. The second-order valence-corrected chi connectivity index (χ2v) is 5.60. The van der Waals surface area contributed by atoms with E-state index in [4.69, 9.17) is 4.74 Å². The van der Waals surface area contributed by atoms with Crippen LogP contribution in [-0.4, -0.2) is 7.11 Å². The van der Waals surface area contributed by atoms with E-state index in [9.17, 15) is 17.6 Å². The summed E-state index contributed by atoms with van der Waals surface area (Å²) in [6.45, 7) is 0. The molecule has 0 saturated heterocycles. The van der Waals surface area contributed by atoms with Gasteiger partial charge in [0.15, 0.2) is 23.3 Å². The fourth-order valence-corrected chi connectivity index (χ4v) is 2.32. The van der Waals surface area contributed by atoms with E-state index in [1.165, 1.54) is 7.11 Å². The fraction of sp³-hybridized carbons (Fsp3) is 0.0435. The minimum Gasteiger partial charge on any atom is -0.497 e. The normalized spacial score (nSPS) is 9.75. The Balaban J connectivity index is 2.01. The van der Waals surface area contributed by atoms with Crippen molar-refractivity contribution in [3.05, 3.63) is 100 Å². The highest BCUT2D eigenvalue weighted by Gasteiger charge is 2.23. The van der Waals surface area contributed by atoms with Crippen LogP contribution in [0.3, 0.4) is 0 Å². The summed E-state index contributed by atoms with van der Waals surface area (Å²) in [5.74, 6) is 3.48. The molecule has 3 rings (SSSR count). The minimum absolute atomic E-state index is 0.397. The molecule has 3 aromatic carbocycles. The van der Waals surface area contributed by atoms with E-state index in [2.05, 4.69) is 23.7 Å². The van der Waals surface area contributed by atoms with Crippen molar-refractivity contribution in [3.8, 4) is 29.4 Å². The first-order valence-electron chi connectivity index (χ1n) is 8.10. The smallest absolute Gasteiger partial charge is 0.178 e. The van der Waals surface area contributed by atoms with Gasteiger partial charge in [0.05, 0.1) is 7.11 Å². The number of halogens is 4. The molecule has 0 aliphatic rings. The molecular formula is C23H12F4O. The van der Waals surface area contributed by atoms with Crippen LogP contribution in [0.1, 0.15) is 22.3 Å². The zero-order valence-corrected chi connectivity index (χ0v) is 14.6. The lowest BCUT2D eigenvalue weighted by molar-refractivity contribution is 0.415. The maximum atomic E-state index is 14.3. The molecule has 0 amide bonds. The number of hydrogen-bond donors (Lipinski definition) is 0. The second-order valence-electron chi connectivity index (χ2n) is 5.60. The van der Waals surface area contributed by atoms with Gasteiger partial charge in [0.2, 0.25) is 0 Å². The molecule has 0 atom stereocenters. The fourth-order valence-electron chi connectivity index (χ4n) is 2.32. The Labute approximate surface area is 159 Å². The Morgan fingerprint density at radius 2 is 1.00 bits per heavy atom. The molecule has 1 nitrogen and oxygen atoms in total. The van der Waals surface area contributed by atoms with E-state index in [0.717, 1.165) is 0 Å². The monoisotopic (exact) mass is 380 g/mol. The lowest BCUT2D eigenvalue weighted by Crippen LogP contribution is -2.04. The third-order valence-electron chi connectivity index (χ3n) is 3.79. The van der Waals surface area contributed by atoms with Crippen LogP contribution in [0.15, 0.2) is 54.6 Å². The van der Waals surface area contributed by atoms with Crippen molar-refractivity contribution < 1.29 is 22.3 Å². The van der Waals surface area contributed by atoms with Crippen LogP contribution in [0.4, 0.5) is 17.6 Å². The predicted molar refractivity (Wildman–Crippen MR) is 97.7 cm³/mol. The summed E-state index contributed by atoms with van der Waals surface area (Å²) in [6, 6.07) is 14.6. The lowest BCUT2D eigenvalue weighted by Gasteiger charge is -2.04. The van der Waals surface area contributed by atoms with Gasteiger partial charge in [0.25, 0.3) is 0 Å². The highest BCUT2D eigenvalue weighted by Crippen LogP contribution is 2.23. The van der Waals surface area contributed by atoms with Gasteiger partial charge < -0.3 is 4.74 Å². The number of benzene rings is 3. The summed E-state index contributed by atoms with van der Waals surface area (Å²) in [7, 11) is 1.49. The Hall–Kier alpha value is -3.70. The van der Waals surface area contributed by atoms with Crippen molar-refractivity contribution in [1.82, 2.24) is 0 Å². The van der Waals surface area contributed by atoms with Gasteiger partial charge in [-0.25, -0.2) is 17.6 Å². The van der Waals surface area contributed by atoms with Crippen LogP contribution in [-0.2, 0) is 0 Å². The van der Waals surface area contributed by atoms with Crippen molar-refractivity contribution >= 4 is 0 Å². The first-order valence-corrected chi connectivity index (χ1v) is 8.10. The van der Waals surface area contributed by atoms with Gasteiger partial charge in [0, 0.05) is 11.1 Å². The number of hydrogen-bond acceptors (Lipinski definition) is 1. The first kappa shape index (κ1) is 19.1. The van der Waals surface area contributed by atoms with Crippen molar-refractivity contribution in [2.24, 2.45) is 0 Å². The first-order chi connectivity index (χ1) is 13.5. The summed E-state index contributed by atoms with van der Waals surface area (Å²) in [4.78, 5) is 0. The maximum Gasteiger partial charge on any atom is 0.178 e. The van der Waals surface area contributed by atoms with Gasteiger partial charge in [-0.15, -0.1) is 0 Å². The van der Waals surface area contributed by atoms with Crippen LogP contribution in [0.25, 0.3) is 0 Å². The van der Waals surface area contributed by atoms with Gasteiger partial charge in [-0.05, 0) is 36.4 Å². The standard InChI is InChI=1S/C23H12F4O/c1-28-17-11-7-16(8-12-17)10-14-19-22(26)20(24)18(21(25)23(19)27)13-9-15-5-3-2-4-6-15/h2-8,11-12H,1H3. The van der Waals surface area contributed by atoms with Crippen molar-refractivity contribution in [3.63, 3.8) is 0 Å². The number of rotatable bonds is 1. The molecule has 5 heteroatoms. The minimum atomic E-state index is -1.59. The van der Waals surface area contributed by atoms with Crippen LogP contribution in [0, 0.1) is 47.0 Å². The van der Waals surface area contributed by atoms with Crippen LogP contribution >= 0.6 is 0 Å². The predicted octanol–water partition coefficient (Wildman–Crippen LogP) is 5.05. The number of ether oxygens (including phenoxy) is 1. The van der Waals surface area contributed by atoms with Crippen LogP contribution < -0.4 is 4.74 Å². The maximum absolute atomic E-state index is 14.3. The molecule has 0 aliphatic carbocycles. The zero-order chi connectivity index (χ0) is 20.1. The van der Waals surface area contributed by atoms with Crippen molar-refractivity contribution in [1.29, 1.82) is 0 Å². The summed E-state index contributed by atoms with van der Waals surface area (Å²) in [5, 5.41) is 0. The Morgan fingerprint density at radius 1 is 0.571 bits per heavy atom. The third kappa shape index (κ3) is 4.00. The average molecular weight is 380 g/mol. The largest absolute Gasteiger partial charge is 0.497 e. The summed E-state index contributed by atoms with van der Waals surface area (Å²) < 4.78 is 62.1. The molecule has 0 bridgehead atoms. The Kier molecular flexibility index (Phi) is 5.67. The van der Waals surface area contributed by atoms with Gasteiger partial charge in [0.1, 0.15) is 16.9 Å². The molecule has 0 saturated carbocycles. The highest BCUT2D eigenvalue weighted by molar-refractivity contribution is 5.51. The molecule has 3 aromatic rings. The van der Waals surface area contributed by atoms with Gasteiger partial charge in [-0.1, -0.05) is 41.9 Å². The SMILES string of the molecule is COc1ccc(C#Cc2c(F)c(F)c(C#Cc3ccccc3)c(F)c2F)cc1. The Morgan fingerprint density at radius 3 is 1.43 bits per heavy atom. The summed E-state index contributed by atoms with van der Waals surface area (Å²) in [6.07, 6.45) is 0. The lowest BCUT2D eigenvalue weighted by atomic mass is 10.1. The molecule has 0 N–H and O–H groups in total. The highest BCUT2D eigenvalue weighted by atomic mass is 19.2. The molecule has 0 fully saturated rings. The molecule has 28 heavy (non-hydrogen) atoms. The molecule has 0 heterocycles. The molecule has 0 radical (unpaired) electrons. The van der Waals surface area contributed by atoms with E-state index < -0.39 is 34.4 Å². The van der Waals surface area contributed by atoms with E-state index in [0.29, 0.717) is 16.9 Å². The summed E-state index contributed by atoms with van der Waals surface area (Å²) >= 11 is 0. The van der Waals surface area contributed by atoms with E-state index in [1.54, 1.807) is 54.6 Å². The average Bonchev–Trinajstić information content (AvgIpc) is 2.73. The zero-order valence-electron chi connectivity index (χ0n) is 14.6. The van der Waals surface area contributed by atoms with Crippen molar-refractivity contribution in [2.45, 2.75) is 0 Å². The van der Waals surface area contributed by atoms with E-state index >= 15 is 0 Å². The molecule has 0 aliphatic heterocycles. The molecule has 138 valence electrons. The van der Waals surface area contributed by atoms with Crippen LogP contribution in [0.2, 0.25) is 0 Å². The molecule has 0 aromatic heterocycles. The van der Waals surface area contributed by atoms with Crippen LogP contribution in [0.5, 0.6) is 5.75 Å². The molecule has 0 unspecified atom stereocenters. The van der Waals surface area contributed by atoms with Gasteiger partial charge in [-0.3, -0.25) is 0 Å². The van der Waals surface area contributed by atoms with E-state index in [-0.39, 0.29) is 0 Å². The van der Waals surface area contributed by atoms with Gasteiger partial charge >= 0.3 is 0 Å².